The Bertz CT molecular complexity index is 1230. The molecule has 3 aromatic carbocycles. The molecule has 6 nitrogen and oxygen atoms in total. The zero-order chi connectivity index (χ0) is 22.7. The third-order valence-electron chi connectivity index (χ3n) is 5.32. The average Bonchev–Trinajstić information content (AvgIpc) is 2.79. The molecular formula is C24H23ClN2O4S. The number of hydrogen-bond acceptors (Lipinski definition) is 4. The van der Waals surface area contributed by atoms with Crippen molar-refractivity contribution in [1.29, 1.82) is 0 Å². The van der Waals surface area contributed by atoms with Crippen LogP contribution in [-0.2, 0) is 23.0 Å². The molecule has 1 amide bonds. The summed E-state index contributed by atoms with van der Waals surface area (Å²) in [6.07, 6.45) is 0.606. The molecule has 0 spiro atoms. The maximum absolute atomic E-state index is 13.0. The van der Waals surface area contributed by atoms with E-state index in [0.29, 0.717) is 41.6 Å². The normalized spacial score (nSPS) is 13.9. The number of rotatable bonds is 6. The smallest absolute Gasteiger partial charge is 0.255 e. The molecule has 1 N–H and O–H groups in total. The van der Waals surface area contributed by atoms with E-state index in [0.717, 1.165) is 11.1 Å². The summed E-state index contributed by atoms with van der Waals surface area (Å²) in [4.78, 5) is 12.8. The van der Waals surface area contributed by atoms with E-state index >= 15 is 0 Å². The van der Waals surface area contributed by atoms with Gasteiger partial charge in [0.2, 0.25) is 10.0 Å². The lowest BCUT2D eigenvalue weighted by Crippen LogP contribution is -2.36. The standard InChI is InChI=1S/C24H23ClN2O4S/c1-2-31-22-9-4-18(5-10-22)24(28)26-21-8-3-17-13-14-27(16-19(17)15-21)32(29,30)23-11-6-20(25)7-12-23/h3-12,15H,2,13-14,16H2,1H3,(H,26,28). The first-order chi connectivity index (χ1) is 15.4. The minimum Gasteiger partial charge on any atom is -0.494 e. The van der Waals surface area contributed by atoms with Crippen LogP contribution in [0.2, 0.25) is 5.02 Å². The highest BCUT2D eigenvalue weighted by Crippen LogP contribution is 2.28. The number of fused-ring (bicyclic) bond motifs is 1. The van der Waals surface area contributed by atoms with Crippen molar-refractivity contribution in [2.45, 2.75) is 24.8 Å². The fraction of sp³-hybridized carbons (Fsp3) is 0.208. The fourth-order valence-corrected chi connectivity index (χ4v) is 5.19. The molecule has 166 valence electrons. The Balaban J connectivity index is 1.50. The predicted molar refractivity (Wildman–Crippen MR) is 125 cm³/mol. The number of benzene rings is 3. The molecule has 0 saturated carbocycles. The topological polar surface area (TPSA) is 75.7 Å². The molecule has 8 heteroatoms. The first kappa shape index (κ1) is 22.3. The number of nitrogens with zero attached hydrogens (tertiary/aromatic N) is 1. The van der Waals surface area contributed by atoms with Gasteiger partial charge in [-0.1, -0.05) is 17.7 Å². The van der Waals surface area contributed by atoms with Crippen molar-refractivity contribution >= 4 is 33.2 Å². The summed E-state index contributed by atoms with van der Waals surface area (Å²) in [5.41, 5.74) is 3.08. The highest BCUT2D eigenvalue weighted by Gasteiger charge is 2.28. The zero-order valence-corrected chi connectivity index (χ0v) is 19.1. The largest absolute Gasteiger partial charge is 0.494 e. The second kappa shape index (κ2) is 9.32. The molecule has 4 rings (SSSR count). The van der Waals surface area contributed by atoms with Crippen LogP contribution in [0.1, 0.15) is 28.4 Å². The van der Waals surface area contributed by atoms with Gasteiger partial charge in [-0.15, -0.1) is 0 Å². The molecule has 0 unspecified atom stereocenters. The number of ether oxygens (including phenoxy) is 1. The molecule has 0 radical (unpaired) electrons. The minimum atomic E-state index is -3.63. The molecule has 0 atom stereocenters. The van der Waals surface area contributed by atoms with Crippen molar-refractivity contribution in [1.82, 2.24) is 4.31 Å². The van der Waals surface area contributed by atoms with Crippen molar-refractivity contribution in [3.63, 3.8) is 0 Å². The number of sulfonamides is 1. The van der Waals surface area contributed by atoms with Crippen LogP contribution in [0.5, 0.6) is 5.75 Å². The van der Waals surface area contributed by atoms with E-state index in [4.69, 9.17) is 16.3 Å². The molecule has 0 aliphatic carbocycles. The zero-order valence-electron chi connectivity index (χ0n) is 17.5. The maximum Gasteiger partial charge on any atom is 0.255 e. The summed E-state index contributed by atoms with van der Waals surface area (Å²) in [5, 5.41) is 3.38. The van der Waals surface area contributed by atoms with Gasteiger partial charge in [-0.3, -0.25) is 4.79 Å². The Kier molecular flexibility index (Phi) is 6.50. The highest BCUT2D eigenvalue weighted by molar-refractivity contribution is 7.89. The molecule has 32 heavy (non-hydrogen) atoms. The fourth-order valence-electron chi connectivity index (χ4n) is 3.64. The summed E-state index contributed by atoms with van der Waals surface area (Å²) >= 11 is 5.89. The molecular weight excluding hydrogens is 448 g/mol. The van der Waals surface area contributed by atoms with E-state index in [1.54, 1.807) is 36.4 Å². The summed E-state index contributed by atoms with van der Waals surface area (Å²) in [6.45, 7) is 3.10. The molecule has 1 aliphatic heterocycles. The van der Waals surface area contributed by atoms with Crippen molar-refractivity contribution in [2.75, 3.05) is 18.5 Å². The third kappa shape index (κ3) is 4.80. The second-order valence-corrected chi connectivity index (χ2v) is 9.81. The van der Waals surface area contributed by atoms with Gasteiger partial charge in [0, 0.05) is 29.4 Å². The van der Waals surface area contributed by atoms with E-state index in [9.17, 15) is 13.2 Å². The first-order valence-corrected chi connectivity index (χ1v) is 12.1. The summed E-state index contributed by atoms with van der Waals surface area (Å²) in [7, 11) is -3.63. The van der Waals surface area contributed by atoms with Gasteiger partial charge in [-0.25, -0.2) is 8.42 Å². The second-order valence-electron chi connectivity index (χ2n) is 7.44. The molecule has 3 aromatic rings. The van der Waals surface area contributed by atoms with Gasteiger partial charge in [0.1, 0.15) is 5.75 Å². The number of carbonyl (C=O) groups excluding carboxylic acids is 1. The van der Waals surface area contributed by atoms with Crippen LogP contribution in [0.15, 0.2) is 71.6 Å². The van der Waals surface area contributed by atoms with Crippen LogP contribution >= 0.6 is 11.6 Å². The van der Waals surface area contributed by atoms with Gasteiger partial charge < -0.3 is 10.1 Å². The first-order valence-electron chi connectivity index (χ1n) is 10.3. The number of anilines is 1. The van der Waals surface area contributed by atoms with E-state index in [1.165, 1.54) is 16.4 Å². The van der Waals surface area contributed by atoms with Gasteiger partial charge in [-0.05, 0) is 85.1 Å². The van der Waals surface area contributed by atoms with Crippen molar-refractivity contribution in [3.05, 3.63) is 88.4 Å². The highest BCUT2D eigenvalue weighted by atomic mass is 35.5. The molecule has 0 aromatic heterocycles. The van der Waals surface area contributed by atoms with E-state index in [-0.39, 0.29) is 17.3 Å². The van der Waals surface area contributed by atoms with Crippen molar-refractivity contribution in [2.24, 2.45) is 0 Å². The van der Waals surface area contributed by atoms with Crippen LogP contribution < -0.4 is 10.1 Å². The van der Waals surface area contributed by atoms with Crippen LogP contribution in [0.3, 0.4) is 0 Å². The minimum absolute atomic E-state index is 0.213. The molecule has 0 saturated heterocycles. The Hall–Kier alpha value is -2.87. The lowest BCUT2D eigenvalue weighted by atomic mass is 10.0. The maximum atomic E-state index is 13.0. The van der Waals surface area contributed by atoms with Gasteiger partial charge >= 0.3 is 0 Å². The quantitative estimate of drug-likeness (QED) is 0.564. The number of halogens is 1. The predicted octanol–water partition coefficient (Wildman–Crippen LogP) is 4.74. The van der Waals surface area contributed by atoms with Gasteiger partial charge in [0.25, 0.3) is 5.91 Å². The van der Waals surface area contributed by atoms with Gasteiger partial charge in [0.15, 0.2) is 0 Å². The van der Waals surface area contributed by atoms with Crippen LogP contribution in [0.25, 0.3) is 0 Å². The molecule has 1 heterocycles. The number of nitrogens with one attached hydrogen (secondary N) is 1. The van der Waals surface area contributed by atoms with Gasteiger partial charge in [-0.2, -0.15) is 4.31 Å². The Morgan fingerprint density at radius 2 is 1.75 bits per heavy atom. The lowest BCUT2D eigenvalue weighted by molar-refractivity contribution is 0.102. The van der Waals surface area contributed by atoms with Crippen molar-refractivity contribution < 1.29 is 17.9 Å². The number of amides is 1. The summed E-state index contributed by atoms with van der Waals surface area (Å²) < 4.78 is 32.9. The molecule has 0 fully saturated rings. The Morgan fingerprint density at radius 3 is 2.44 bits per heavy atom. The van der Waals surface area contributed by atoms with Crippen molar-refractivity contribution in [3.8, 4) is 5.75 Å². The number of hydrogen-bond donors (Lipinski definition) is 1. The molecule has 0 bridgehead atoms. The Morgan fingerprint density at radius 1 is 1.03 bits per heavy atom. The van der Waals surface area contributed by atoms with E-state index in [1.807, 2.05) is 25.1 Å². The van der Waals surface area contributed by atoms with E-state index < -0.39 is 10.0 Å². The van der Waals surface area contributed by atoms with Crippen LogP contribution in [0.4, 0.5) is 5.69 Å². The third-order valence-corrected chi connectivity index (χ3v) is 7.43. The number of carbonyl (C=O) groups is 1. The molecule has 1 aliphatic rings. The van der Waals surface area contributed by atoms with Gasteiger partial charge in [0.05, 0.1) is 11.5 Å². The Labute approximate surface area is 192 Å². The van der Waals surface area contributed by atoms with Crippen LogP contribution in [-0.4, -0.2) is 31.8 Å². The SMILES string of the molecule is CCOc1ccc(C(=O)Nc2ccc3c(c2)CN(S(=O)(=O)c2ccc(Cl)cc2)CC3)cc1. The average molecular weight is 471 g/mol. The summed E-state index contributed by atoms with van der Waals surface area (Å²) in [6, 6.07) is 18.7. The van der Waals surface area contributed by atoms with Crippen LogP contribution in [0, 0.1) is 0 Å². The lowest BCUT2D eigenvalue weighted by Gasteiger charge is -2.28. The summed E-state index contributed by atoms with van der Waals surface area (Å²) in [5.74, 6) is 0.467. The monoisotopic (exact) mass is 470 g/mol. The van der Waals surface area contributed by atoms with E-state index in [2.05, 4.69) is 5.32 Å².